The van der Waals surface area contributed by atoms with Gasteiger partial charge < -0.3 is 19.3 Å². The molecule has 170 valence electrons. The predicted octanol–water partition coefficient (Wildman–Crippen LogP) is 3.13. The van der Waals surface area contributed by atoms with E-state index in [0.29, 0.717) is 54.6 Å². The number of amides is 2. The molecule has 2 aromatic carbocycles. The Kier molecular flexibility index (Phi) is 5.60. The van der Waals surface area contributed by atoms with Gasteiger partial charge in [-0.15, -0.1) is 0 Å². The highest BCUT2D eigenvalue weighted by atomic mass is 16.5. The van der Waals surface area contributed by atoms with Crippen LogP contribution >= 0.6 is 0 Å². The van der Waals surface area contributed by atoms with Crippen LogP contribution in [0.15, 0.2) is 60.9 Å². The summed E-state index contributed by atoms with van der Waals surface area (Å²) in [6.07, 6.45) is 3.34. The SMILES string of the molecule is COc1cccc(C(=O)N2CC(C(=O)N3CCOc4c(-c5ccc(C#N)cc5)cncc43)C2)c1. The van der Waals surface area contributed by atoms with Crippen LogP contribution in [0.1, 0.15) is 15.9 Å². The Balaban J connectivity index is 1.32. The quantitative estimate of drug-likeness (QED) is 0.601. The highest BCUT2D eigenvalue weighted by Gasteiger charge is 2.40. The van der Waals surface area contributed by atoms with Gasteiger partial charge in [-0.3, -0.25) is 14.6 Å². The molecular formula is C26H22N4O4. The van der Waals surface area contributed by atoms with Crippen molar-refractivity contribution < 1.29 is 19.1 Å². The lowest BCUT2D eigenvalue weighted by Gasteiger charge is -2.41. The number of carbonyl (C=O) groups is 2. The average molecular weight is 454 g/mol. The third kappa shape index (κ3) is 3.82. The summed E-state index contributed by atoms with van der Waals surface area (Å²) < 4.78 is 11.1. The van der Waals surface area contributed by atoms with E-state index in [4.69, 9.17) is 14.7 Å². The summed E-state index contributed by atoms with van der Waals surface area (Å²) in [7, 11) is 1.56. The summed E-state index contributed by atoms with van der Waals surface area (Å²) in [4.78, 5) is 33.8. The Labute approximate surface area is 197 Å². The monoisotopic (exact) mass is 454 g/mol. The smallest absolute Gasteiger partial charge is 0.254 e. The molecule has 0 unspecified atom stereocenters. The zero-order valence-corrected chi connectivity index (χ0v) is 18.6. The van der Waals surface area contributed by atoms with Gasteiger partial charge in [0.2, 0.25) is 5.91 Å². The van der Waals surface area contributed by atoms with E-state index in [9.17, 15) is 9.59 Å². The molecule has 0 N–H and O–H groups in total. The van der Waals surface area contributed by atoms with Crippen molar-refractivity contribution in [3.05, 3.63) is 72.1 Å². The van der Waals surface area contributed by atoms with Crippen molar-refractivity contribution in [1.29, 1.82) is 5.26 Å². The summed E-state index contributed by atoms with van der Waals surface area (Å²) in [6, 6.07) is 16.3. The number of hydrogen-bond donors (Lipinski definition) is 0. The van der Waals surface area contributed by atoms with Gasteiger partial charge in [-0.25, -0.2) is 0 Å². The maximum atomic E-state index is 13.3. The van der Waals surface area contributed by atoms with Crippen molar-refractivity contribution in [3.63, 3.8) is 0 Å². The summed E-state index contributed by atoms with van der Waals surface area (Å²) in [5, 5.41) is 9.05. The van der Waals surface area contributed by atoms with E-state index >= 15 is 0 Å². The molecule has 3 aromatic rings. The van der Waals surface area contributed by atoms with Crippen LogP contribution in [0.3, 0.4) is 0 Å². The number of pyridine rings is 1. The third-order valence-corrected chi connectivity index (χ3v) is 6.16. The van der Waals surface area contributed by atoms with Gasteiger partial charge in [0.15, 0.2) is 5.75 Å². The molecule has 2 aliphatic heterocycles. The first kappa shape index (κ1) is 21.5. The minimum Gasteiger partial charge on any atom is -0.497 e. The van der Waals surface area contributed by atoms with Gasteiger partial charge in [-0.05, 0) is 35.9 Å². The van der Waals surface area contributed by atoms with Crippen molar-refractivity contribution in [2.45, 2.75) is 0 Å². The van der Waals surface area contributed by atoms with Gasteiger partial charge in [0, 0.05) is 30.4 Å². The Hall–Kier alpha value is -4.38. The zero-order valence-electron chi connectivity index (χ0n) is 18.6. The summed E-state index contributed by atoms with van der Waals surface area (Å²) in [6.45, 7) is 1.52. The minimum atomic E-state index is -0.279. The molecule has 2 amide bonds. The van der Waals surface area contributed by atoms with E-state index in [1.54, 1.807) is 65.7 Å². The Morgan fingerprint density at radius 2 is 1.94 bits per heavy atom. The second kappa shape index (κ2) is 8.87. The van der Waals surface area contributed by atoms with Crippen LogP contribution in [-0.4, -0.2) is 55.0 Å². The van der Waals surface area contributed by atoms with Crippen LogP contribution < -0.4 is 14.4 Å². The molecule has 8 nitrogen and oxygen atoms in total. The number of benzene rings is 2. The summed E-state index contributed by atoms with van der Waals surface area (Å²) >= 11 is 0. The van der Waals surface area contributed by atoms with Gasteiger partial charge in [0.25, 0.3) is 5.91 Å². The number of nitrogens with zero attached hydrogens (tertiary/aromatic N) is 4. The molecule has 1 fully saturated rings. The third-order valence-electron chi connectivity index (χ3n) is 6.16. The molecule has 0 spiro atoms. The maximum Gasteiger partial charge on any atom is 0.254 e. The molecule has 0 atom stereocenters. The molecular weight excluding hydrogens is 432 g/mol. The number of methoxy groups -OCH3 is 1. The summed E-state index contributed by atoms with van der Waals surface area (Å²) in [5.74, 6) is 0.782. The fraction of sp³-hybridized carbons (Fsp3) is 0.231. The van der Waals surface area contributed by atoms with E-state index in [0.717, 1.165) is 11.1 Å². The lowest BCUT2D eigenvalue weighted by molar-refractivity contribution is -0.126. The highest BCUT2D eigenvalue weighted by molar-refractivity contribution is 6.01. The topological polar surface area (TPSA) is 95.8 Å². The van der Waals surface area contributed by atoms with Crippen molar-refractivity contribution in [2.24, 2.45) is 5.92 Å². The molecule has 3 heterocycles. The lowest BCUT2D eigenvalue weighted by Crippen LogP contribution is -2.57. The average Bonchev–Trinajstić information content (AvgIpc) is 2.87. The maximum absolute atomic E-state index is 13.3. The van der Waals surface area contributed by atoms with Gasteiger partial charge in [-0.1, -0.05) is 18.2 Å². The molecule has 34 heavy (non-hydrogen) atoms. The van der Waals surface area contributed by atoms with Crippen molar-refractivity contribution in [2.75, 3.05) is 38.3 Å². The van der Waals surface area contributed by atoms with Crippen LogP contribution in [0.25, 0.3) is 11.1 Å². The second-order valence-electron chi connectivity index (χ2n) is 8.20. The van der Waals surface area contributed by atoms with Crippen LogP contribution in [0, 0.1) is 17.2 Å². The van der Waals surface area contributed by atoms with E-state index in [1.165, 1.54) is 0 Å². The van der Waals surface area contributed by atoms with Gasteiger partial charge >= 0.3 is 0 Å². The number of anilines is 1. The van der Waals surface area contributed by atoms with Crippen molar-refractivity contribution in [1.82, 2.24) is 9.88 Å². The van der Waals surface area contributed by atoms with Gasteiger partial charge in [0.1, 0.15) is 18.0 Å². The number of hydrogen-bond acceptors (Lipinski definition) is 6. The zero-order chi connectivity index (χ0) is 23.7. The lowest BCUT2D eigenvalue weighted by atomic mass is 9.96. The number of rotatable bonds is 4. The number of aromatic nitrogens is 1. The van der Waals surface area contributed by atoms with Crippen LogP contribution in [0.4, 0.5) is 5.69 Å². The largest absolute Gasteiger partial charge is 0.497 e. The fourth-order valence-corrected chi connectivity index (χ4v) is 4.26. The summed E-state index contributed by atoms with van der Waals surface area (Å²) in [5.41, 5.74) is 3.35. The standard InChI is InChI=1S/C26H22N4O4/c1-33-21-4-2-3-19(11-21)25(31)29-15-20(16-29)26(32)30-9-10-34-24-22(13-28-14-23(24)30)18-7-5-17(12-27)6-8-18/h2-8,11,13-14,20H,9-10,15-16H2,1H3. The molecule has 1 aromatic heterocycles. The molecule has 5 rings (SSSR count). The second-order valence-corrected chi connectivity index (χ2v) is 8.20. The number of fused-ring (bicyclic) bond motifs is 1. The molecule has 0 saturated carbocycles. The predicted molar refractivity (Wildman–Crippen MR) is 125 cm³/mol. The first-order valence-electron chi connectivity index (χ1n) is 10.9. The van der Waals surface area contributed by atoms with Crippen LogP contribution in [0.5, 0.6) is 11.5 Å². The first-order chi connectivity index (χ1) is 16.6. The molecule has 8 heteroatoms. The number of likely N-dealkylation sites (tertiary alicyclic amines) is 1. The van der Waals surface area contributed by atoms with E-state index in [1.807, 2.05) is 12.1 Å². The van der Waals surface area contributed by atoms with Gasteiger partial charge in [-0.2, -0.15) is 5.26 Å². The number of nitriles is 1. The van der Waals surface area contributed by atoms with E-state index in [-0.39, 0.29) is 17.7 Å². The Morgan fingerprint density at radius 1 is 1.15 bits per heavy atom. The molecule has 0 bridgehead atoms. The number of ether oxygens (including phenoxy) is 2. The van der Waals surface area contributed by atoms with E-state index < -0.39 is 0 Å². The molecule has 1 saturated heterocycles. The van der Waals surface area contributed by atoms with Crippen molar-refractivity contribution in [3.8, 4) is 28.7 Å². The Bertz CT molecular complexity index is 1290. The molecule has 2 aliphatic rings. The van der Waals surface area contributed by atoms with Crippen LogP contribution in [-0.2, 0) is 4.79 Å². The molecule has 0 radical (unpaired) electrons. The van der Waals surface area contributed by atoms with E-state index in [2.05, 4.69) is 11.1 Å². The molecule has 0 aliphatic carbocycles. The normalized spacial score (nSPS) is 14.9. The van der Waals surface area contributed by atoms with Crippen molar-refractivity contribution >= 4 is 17.5 Å². The first-order valence-corrected chi connectivity index (χ1v) is 10.9. The fourth-order valence-electron chi connectivity index (χ4n) is 4.26. The van der Waals surface area contributed by atoms with Crippen LogP contribution in [0.2, 0.25) is 0 Å². The number of carbonyl (C=O) groups excluding carboxylic acids is 2. The Morgan fingerprint density at radius 3 is 2.68 bits per heavy atom. The minimum absolute atomic E-state index is 0.0435. The van der Waals surface area contributed by atoms with Gasteiger partial charge in [0.05, 0.1) is 37.4 Å². The highest BCUT2D eigenvalue weighted by Crippen LogP contribution is 2.40.